The van der Waals surface area contributed by atoms with Crippen molar-refractivity contribution in [3.05, 3.63) is 57.6 Å². The molecule has 110 valence electrons. The van der Waals surface area contributed by atoms with E-state index in [9.17, 15) is 0 Å². The number of hydrogen-bond acceptors (Lipinski definition) is 0. The quantitative estimate of drug-likeness (QED) is 0.354. The van der Waals surface area contributed by atoms with Crippen molar-refractivity contribution < 1.29 is 0 Å². The maximum atomic E-state index is 2.29. The summed E-state index contributed by atoms with van der Waals surface area (Å²) in [5.41, 5.74) is 14.5. The molecule has 0 bridgehead atoms. The van der Waals surface area contributed by atoms with Crippen LogP contribution in [0.5, 0.6) is 0 Å². The monoisotopic (exact) mass is 286 g/mol. The van der Waals surface area contributed by atoms with Crippen LogP contribution in [0, 0.1) is 41.5 Å². The van der Waals surface area contributed by atoms with Crippen LogP contribution in [-0.4, -0.2) is 0 Å². The summed E-state index contributed by atoms with van der Waals surface area (Å²) in [6.07, 6.45) is 0. The van der Waals surface area contributed by atoms with Crippen molar-refractivity contribution in [3.63, 3.8) is 0 Å². The highest BCUT2D eigenvalue weighted by atomic mass is 14.3. The van der Waals surface area contributed by atoms with Gasteiger partial charge in [0.1, 0.15) is 0 Å². The minimum atomic E-state index is 1.37. The van der Waals surface area contributed by atoms with Crippen molar-refractivity contribution in [2.75, 3.05) is 0 Å². The molecule has 0 atom stereocenters. The predicted octanol–water partition coefficient (Wildman–Crippen LogP) is 6.34. The van der Waals surface area contributed by atoms with E-state index in [1.54, 1.807) is 0 Å². The van der Waals surface area contributed by atoms with Crippen molar-refractivity contribution in [1.82, 2.24) is 0 Å². The van der Waals surface area contributed by atoms with E-state index < -0.39 is 0 Å². The third-order valence-electron chi connectivity index (χ3n) is 5.79. The molecule has 0 amide bonds. The molecule has 0 aliphatic heterocycles. The standard InChI is InChI=1S/C22H22/c1-11-7-9-17-10-8-12(2)19-21-16(6)14(4)13(3)15(5)20(21)18(11)22(17)19/h7-10H,1-6H3. The number of benzene rings is 3. The molecule has 0 unspecified atom stereocenters. The summed E-state index contributed by atoms with van der Waals surface area (Å²) in [7, 11) is 0. The van der Waals surface area contributed by atoms with E-state index in [4.69, 9.17) is 0 Å². The minimum absolute atomic E-state index is 1.37. The highest BCUT2D eigenvalue weighted by Gasteiger charge is 2.29. The molecule has 0 saturated carbocycles. The molecular weight excluding hydrogens is 264 g/mol. The minimum Gasteiger partial charge on any atom is -0.0581 e. The lowest BCUT2D eigenvalue weighted by molar-refractivity contribution is 1.22. The second kappa shape index (κ2) is 4.23. The SMILES string of the molecule is Cc1ccc2ccc(C)c3c2c1-c1c(C)c(C)c(C)c(C)c1-3. The first kappa shape index (κ1) is 13.6. The van der Waals surface area contributed by atoms with Gasteiger partial charge in [-0.05, 0) is 108 Å². The van der Waals surface area contributed by atoms with Crippen LogP contribution in [0.25, 0.3) is 33.0 Å². The molecule has 22 heavy (non-hydrogen) atoms. The summed E-state index contributed by atoms with van der Waals surface area (Å²) in [5.74, 6) is 0. The molecule has 0 saturated heterocycles. The fraction of sp³-hybridized carbons (Fsp3) is 0.273. The first-order valence-electron chi connectivity index (χ1n) is 8.07. The first-order valence-corrected chi connectivity index (χ1v) is 8.07. The van der Waals surface area contributed by atoms with Crippen LogP contribution in [0.2, 0.25) is 0 Å². The summed E-state index contributed by atoms with van der Waals surface area (Å²) in [5, 5.41) is 2.83. The van der Waals surface area contributed by atoms with Gasteiger partial charge in [0.2, 0.25) is 0 Å². The van der Waals surface area contributed by atoms with E-state index in [1.165, 1.54) is 66.4 Å². The van der Waals surface area contributed by atoms with Gasteiger partial charge in [-0.1, -0.05) is 24.3 Å². The van der Waals surface area contributed by atoms with E-state index in [1.807, 2.05) is 0 Å². The van der Waals surface area contributed by atoms with Crippen LogP contribution in [0.15, 0.2) is 24.3 Å². The molecule has 0 N–H and O–H groups in total. The number of aryl methyl sites for hydroxylation is 2. The molecule has 0 radical (unpaired) electrons. The molecule has 3 aromatic carbocycles. The van der Waals surface area contributed by atoms with Crippen molar-refractivity contribution >= 4 is 10.8 Å². The van der Waals surface area contributed by atoms with Gasteiger partial charge in [-0.2, -0.15) is 0 Å². The average Bonchev–Trinajstić information content (AvgIpc) is 2.87. The third kappa shape index (κ3) is 1.43. The van der Waals surface area contributed by atoms with Gasteiger partial charge in [0.15, 0.2) is 0 Å². The Bertz CT molecular complexity index is 896. The van der Waals surface area contributed by atoms with Crippen LogP contribution in [0.3, 0.4) is 0 Å². The van der Waals surface area contributed by atoms with Crippen LogP contribution >= 0.6 is 0 Å². The predicted molar refractivity (Wildman–Crippen MR) is 96.8 cm³/mol. The fourth-order valence-corrected chi connectivity index (χ4v) is 4.21. The molecule has 0 heterocycles. The highest BCUT2D eigenvalue weighted by molar-refractivity contribution is 6.18. The van der Waals surface area contributed by atoms with Crippen LogP contribution in [-0.2, 0) is 0 Å². The summed E-state index contributed by atoms with van der Waals surface area (Å²) in [4.78, 5) is 0. The Morgan fingerprint density at radius 1 is 0.455 bits per heavy atom. The Balaban J connectivity index is 2.36. The van der Waals surface area contributed by atoms with Gasteiger partial charge < -0.3 is 0 Å². The van der Waals surface area contributed by atoms with Gasteiger partial charge in [0.25, 0.3) is 0 Å². The van der Waals surface area contributed by atoms with Gasteiger partial charge >= 0.3 is 0 Å². The highest BCUT2D eigenvalue weighted by Crippen LogP contribution is 2.53. The van der Waals surface area contributed by atoms with E-state index in [2.05, 4.69) is 65.8 Å². The molecule has 1 aliphatic rings. The van der Waals surface area contributed by atoms with Crippen molar-refractivity contribution in [2.24, 2.45) is 0 Å². The Morgan fingerprint density at radius 2 is 0.864 bits per heavy atom. The molecule has 0 spiro atoms. The van der Waals surface area contributed by atoms with Crippen molar-refractivity contribution in [2.45, 2.75) is 41.5 Å². The smallest absolute Gasteiger partial charge is 0.00208 e. The Labute approximate surface area is 132 Å². The maximum Gasteiger partial charge on any atom is -0.00208 e. The van der Waals surface area contributed by atoms with Gasteiger partial charge in [-0.25, -0.2) is 0 Å². The normalized spacial score (nSPS) is 12.1. The fourth-order valence-electron chi connectivity index (χ4n) is 4.21. The number of hydrogen-bond donors (Lipinski definition) is 0. The second-order valence-corrected chi connectivity index (χ2v) is 6.86. The average molecular weight is 286 g/mol. The van der Waals surface area contributed by atoms with Crippen LogP contribution < -0.4 is 0 Å². The molecule has 1 aliphatic carbocycles. The Morgan fingerprint density at radius 3 is 1.27 bits per heavy atom. The van der Waals surface area contributed by atoms with E-state index in [0.29, 0.717) is 0 Å². The summed E-state index contributed by atoms with van der Waals surface area (Å²) >= 11 is 0. The first-order chi connectivity index (χ1) is 10.4. The molecule has 0 nitrogen and oxygen atoms in total. The summed E-state index contributed by atoms with van der Waals surface area (Å²) < 4.78 is 0. The Hall–Kier alpha value is -2.08. The van der Waals surface area contributed by atoms with E-state index >= 15 is 0 Å². The molecule has 0 heteroatoms. The summed E-state index contributed by atoms with van der Waals surface area (Å²) in [6, 6.07) is 9.09. The van der Waals surface area contributed by atoms with Gasteiger partial charge in [0, 0.05) is 0 Å². The number of rotatable bonds is 0. The lowest BCUT2D eigenvalue weighted by Gasteiger charge is -2.18. The summed E-state index contributed by atoms with van der Waals surface area (Å²) in [6.45, 7) is 13.6. The maximum absolute atomic E-state index is 2.29. The third-order valence-corrected chi connectivity index (χ3v) is 5.79. The molecule has 0 aromatic heterocycles. The molecule has 4 rings (SSSR count). The van der Waals surface area contributed by atoms with Crippen LogP contribution in [0.1, 0.15) is 33.4 Å². The number of fused-ring (bicyclic) bond motifs is 3. The van der Waals surface area contributed by atoms with E-state index in [0.717, 1.165) is 0 Å². The van der Waals surface area contributed by atoms with Gasteiger partial charge in [0.05, 0.1) is 0 Å². The lowest BCUT2D eigenvalue weighted by Crippen LogP contribution is -1.97. The topological polar surface area (TPSA) is 0 Å². The molecule has 3 aromatic rings. The van der Waals surface area contributed by atoms with Gasteiger partial charge in [-0.3, -0.25) is 0 Å². The largest absolute Gasteiger partial charge is 0.0581 e. The van der Waals surface area contributed by atoms with Crippen molar-refractivity contribution in [3.8, 4) is 22.3 Å². The van der Waals surface area contributed by atoms with E-state index in [-0.39, 0.29) is 0 Å². The lowest BCUT2D eigenvalue weighted by atomic mass is 9.86. The zero-order valence-corrected chi connectivity index (χ0v) is 14.3. The van der Waals surface area contributed by atoms with Crippen LogP contribution in [0.4, 0.5) is 0 Å². The zero-order chi connectivity index (χ0) is 15.8. The van der Waals surface area contributed by atoms with Crippen molar-refractivity contribution in [1.29, 1.82) is 0 Å². The van der Waals surface area contributed by atoms with Gasteiger partial charge in [-0.15, -0.1) is 0 Å². The Kier molecular flexibility index (Phi) is 2.61. The molecule has 0 fully saturated rings. The molecular formula is C22H22. The second-order valence-electron chi connectivity index (χ2n) is 6.86. The zero-order valence-electron chi connectivity index (χ0n) is 14.3.